The Balaban J connectivity index is 2.14. The molecule has 2 aromatic heterocycles. The van der Waals surface area contributed by atoms with Gasteiger partial charge in [0, 0.05) is 12.1 Å². The largest absolute Gasteiger partial charge is 0.478 e. The molecule has 2 heterocycles. The Hall–Kier alpha value is -1.91. The Morgan fingerprint density at radius 1 is 1.39 bits per heavy atom. The number of aromatic nitrogens is 3. The molecule has 0 saturated heterocycles. The number of aryl methyl sites for hydroxylation is 1. The van der Waals surface area contributed by atoms with Crippen LogP contribution in [0.25, 0.3) is 11.0 Å². The highest BCUT2D eigenvalue weighted by Gasteiger charge is 2.22. The van der Waals surface area contributed by atoms with Gasteiger partial charge in [-0.05, 0) is 19.8 Å². The van der Waals surface area contributed by atoms with Crippen molar-refractivity contribution in [1.29, 1.82) is 0 Å². The minimum atomic E-state index is -0.943. The fraction of sp³-hybridized carbons (Fsp3) is 0.462. The summed E-state index contributed by atoms with van der Waals surface area (Å²) < 4.78 is 0. The van der Waals surface area contributed by atoms with Gasteiger partial charge in [0.25, 0.3) is 0 Å². The van der Waals surface area contributed by atoms with Crippen LogP contribution in [0.4, 0.5) is 0 Å². The third-order valence-corrected chi connectivity index (χ3v) is 3.68. The van der Waals surface area contributed by atoms with Gasteiger partial charge in [0.1, 0.15) is 11.5 Å². The highest BCUT2D eigenvalue weighted by molar-refractivity contribution is 6.03. The van der Waals surface area contributed by atoms with E-state index in [1.807, 2.05) is 6.92 Å². The van der Waals surface area contributed by atoms with Gasteiger partial charge >= 0.3 is 5.97 Å². The molecule has 0 aliphatic heterocycles. The molecule has 18 heavy (non-hydrogen) atoms. The number of aromatic amines is 1. The molecule has 0 atom stereocenters. The number of H-pyrrole nitrogens is 1. The summed E-state index contributed by atoms with van der Waals surface area (Å²) in [5.74, 6) is 0.350. The van der Waals surface area contributed by atoms with Gasteiger partial charge < -0.3 is 10.1 Å². The molecule has 2 aromatic rings. The van der Waals surface area contributed by atoms with Crippen molar-refractivity contribution in [3.05, 3.63) is 23.3 Å². The number of aromatic carboxylic acids is 1. The summed E-state index contributed by atoms with van der Waals surface area (Å²) in [5.41, 5.74) is 1.64. The van der Waals surface area contributed by atoms with Crippen molar-refractivity contribution in [2.45, 2.75) is 38.5 Å². The van der Waals surface area contributed by atoms with Crippen molar-refractivity contribution in [2.24, 2.45) is 0 Å². The molecule has 2 N–H and O–H groups in total. The molecule has 0 radical (unpaired) electrons. The van der Waals surface area contributed by atoms with E-state index in [4.69, 9.17) is 5.11 Å². The molecule has 1 aliphatic carbocycles. The zero-order valence-electron chi connectivity index (χ0n) is 10.2. The van der Waals surface area contributed by atoms with E-state index in [9.17, 15) is 4.79 Å². The van der Waals surface area contributed by atoms with Gasteiger partial charge in [0.2, 0.25) is 0 Å². The first kappa shape index (κ1) is 11.2. The van der Waals surface area contributed by atoms with E-state index in [1.165, 1.54) is 19.0 Å². The quantitative estimate of drug-likeness (QED) is 0.852. The monoisotopic (exact) mass is 245 g/mol. The van der Waals surface area contributed by atoms with Crippen LogP contribution in [0, 0.1) is 6.92 Å². The fourth-order valence-electron chi connectivity index (χ4n) is 2.77. The van der Waals surface area contributed by atoms with Crippen molar-refractivity contribution in [2.75, 3.05) is 0 Å². The van der Waals surface area contributed by atoms with Crippen molar-refractivity contribution in [3.63, 3.8) is 0 Å². The standard InChI is InChI=1S/C13H15N3O2/c1-7-10-9(13(17)18)6-14-12(10)16-11(15-7)8-4-2-3-5-8/h6,8H,2-5H2,1H3,(H,17,18)(H,14,15,16). The van der Waals surface area contributed by atoms with Gasteiger partial charge in [-0.15, -0.1) is 0 Å². The van der Waals surface area contributed by atoms with E-state index in [1.54, 1.807) is 0 Å². The second-order valence-electron chi connectivity index (χ2n) is 4.88. The molecule has 5 heteroatoms. The van der Waals surface area contributed by atoms with E-state index < -0.39 is 5.97 Å². The molecule has 0 spiro atoms. The highest BCUT2D eigenvalue weighted by atomic mass is 16.4. The lowest BCUT2D eigenvalue weighted by molar-refractivity contribution is 0.0699. The highest BCUT2D eigenvalue weighted by Crippen LogP contribution is 2.33. The lowest BCUT2D eigenvalue weighted by Crippen LogP contribution is -2.04. The molecule has 0 amide bonds. The van der Waals surface area contributed by atoms with Crippen LogP contribution < -0.4 is 0 Å². The van der Waals surface area contributed by atoms with Crippen molar-refractivity contribution < 1.29 is 9.90 Å². The van der Waals surface area contributed by atoms with Gasteiger partial charge in [-0.2, -0.15) is 0 Å². The van der Waals surface area contributed by atoms with E-state index in [-0.39, 0.29) is 5.56 Å². The van der Waals surface area contributed by atoms with Crippen molar-refractivity contribution in [1.82, 2.24) is 15.0 Å². The molecule has 0 unspecified atom stereocenters. The summed E-state index contributed by atoms with van der Waals surface area (Å²) >= 11 is 0. The minimum Gasteiger partial charge on any atom is -0.478 e. The summed E-state index contributed by atoms with van der Waals surface area (Å²) in [6, 6.07) is 0. The van der Waals surface area contributed by atoms with Gasteiger partial charge in [-0.1, -0.05) is 12.8 Å². The van der Waals surface area contributed by atoms with E-state index >= 15 is 0 Å². The number of carboxylic acid groups (broad SMARTS) is 1. The number of nitrogens with zero attached hydrogens (tertiary/aromatic N) is 2. The Labute approximate surface area is 104 Å². The summed E-state index contributed by atoms with van der Waals surface area (Å²) in [4.78, 5) is 23.0. The van der Waals surface area contributed by atoms with Crippen molar-refractivity contribution in [3.8, 4) is 0 Å². The molecule has 3 rings (SSSR count). The van der Waals surface area contributed by atoms with Crippen LogP contribution in [0.15, 0.2) is 6.20 Å². The molecular formula is C13H15N3O2. The number of carbonyl (C=O) groups is 1. The molecule has 1 aliphatic rings. The molecule has 0 bridgehead atoms. The van der Waals surface area contributed by atoms with E-state index in [0.717, 1.165) is 24.4 Å². The number of hydrogen-bond acceptors (Lipinski definition) is 3. The Kier molecular flexibility index (Phi) is 2.54. The second-order valence-corrected chi connectivity index (χ2v) is 4.88. The van der Waals surface area contributed by atoms with Crippen LogP contribution in [-0.2, 0) is 0 Å². The van der Waals surface area contributed by atoms with Crippen LogP contribution in [0.3, 0.4) is 0 Å². The van der Waals surface area contributed by atoms with Crippen LogP contribution in [0.2, 0.25) is 0 Å². The second kappa shape index (κ2) is 4.08. The normalized spacial score (nSPS) is 16.5. The van der Waals surface area contributed by atoms with Crippen LogP contribution in [0.1, 0.15) is 53.5 Å². The number of nitrogens with one attached hydrogen (secondary N) is 1. The van der Waals surface area contributed by atoms with Crippen LogP contribution in [-0.4, -0.2) is 26.0 Å². The summed E-state index contributed by atoms with van der Waals surface area (Å²) in [5, 5.41) is 9.73. The smallest absolute Gasteiger partial charge is 0.338 e. The Bertz CT molecular complexity index is 612. The third-order valence-electron chi connectivity index (χ3n) is 3.68. The maximum Gasteiger partial charge on any atom is 0.338 e. The van der Waals surface area contributed by atoms with Gasteiger partial charge in [-0.3, -0.25) is 0 Å². The Morgan fingerprint density at radius 3 is 2.78 bits per heavy atom. The zero-order valence-corrected chi connectivity index (χ0v) is 10.2. The van der Waals surface area contributed by atoms with E-state index in [2.05, 4.69) is 15.0 Å². The Morgan fingerprint density at radius 2 is 2.11 bits per heavy atom. The zero-order chi connectivity index (χ0) is 12.7. The maximum absolute atomic E-state index is 11.1. The van der Waals surface area contributed by atoms with Crippen LogP contribution in [0.5, 0.6) is 0 Å². The predicted molar refractivity (Wildman–Crippen MR) is 66.8 cm³/mol. The molecule has 5 nitrogen and oxygen atoms in total. The maximum atomic E-state index is 11.1. The van der Waals surface area contributed by atoms with Crippen molar-refractivity contribution >= 4 is 17.0 Å². The summed E-state index contributed by atoms with van der Waals surface area (Å²) in [6.45, 7) is 1.85. The average molecular weight is 245 g/mol. The topological polar surface area (TPSA) is 78.9 Å². The number of carboxylic acids is 1. The summed E-state index contributed by atoms with van der Waals surface area (Å²) in [6.07, 6.45) is 6.23. The SMILES string of the molecule is Cc1nc(C2CCCC2)nc2[nH]cc(C(=O)O)c12. The first-order valence-corrected chi connectivity index (χ1v) is 6.25. The lowest BCUT2D eigenvalue weighted by Gasteiger charge is -2.08. The predicted octanol–water partition coefficient (Wildman–Crippen LogP) is 2.62. The number of fused-ring (bicyclic) bond motifs is 1. The van der Waals surface area contributed by atoms with Gasteiger partial charge in [0.15, 0.2) is 0 Å². The third kappa shape index (κ3) is 1.66. The molecular weight excluding hydrogens is 230 g/mol. The van der Waals surface area contributed by atoms with Gasteiger partial charge in [0.05, 0.1) is 16.6 Å². The van der Waals surface area contributed by atoms with Crippen LogP contribution >= 0.6 is 0 Å². The fourth-order valence-corrected chi connectivity index (χ4v) is 2.77. The molecule has 1 saturated carbocycles. The van der Waals surface area contributed by atoms with Gasteiger partial charge in [-0.25, -0.2) is 14.8 Å². The first-order chi connectivity index (χ1) is 8.66. The average Bonchev–Trinajstić information content (AvgIpc) is 2.97. The first-order valence-electron chi connectivity index (χ1n) is 6.25. The minimum absolute atomic E-state index is 0.250. The number of rotatable bonds is 2. The summed E-state index contributed by atoms with van der Waals surface area (Å²) in [7, 11) is 0. The van der Waals surface area contributed by atoms with E-state index in [0.29, 0.717) is 17.0 Å². The number of hydrogen-bond donors (Lipinski definition) is 2. The lowest BCUT2D eigenvalue weighted by atomic mass is 10.1. The molecule has 0 aromatic carbocycles. The molecule has 1 fully saturated rings. The molecule has 94 valence electrons.